The van der Waals surface area contributed by atoms with Crippen LogP contribution in [0.25, 0.3) is 0 Å². The van der Waals surface area contributed by atoms with Gasteiger partial charge in [-0.25, -0.2) is 0 Å². The molecule has 0 aliphatic carbocycles. The minimum absolute atomic E-state index is 0.0689. The van der Waals surface area contributed by atoms with Crippen molar-refractivity contribution in [2.45, 2.75) is 296 Å². The predicted octanol–water partition coefficient (Wildman–Crippen LogP) is 16.4. The fraction of sp³-hybridized carbons (Fsp3) is 0.904. The van der Waals surface area contributed by atoms with E-state index in [1.54, 1.807) is 6.08 Å². The number of aliphatic hydroxyl groups is 2. The number of hydrogen-bond acceptors (Lipinski definition) is 3. The van der Waals surface area contributed by atoms with Gasteiger partial charge in [-0.15, -0.1) is 0 Å². The van der Waals surface area contributed by atoms with Gasteiger partial charge in [-0.2, -0.15) is 0 Å². The molecule has 3 N–H and O–H groups in total. The van der Waals surface area contributed by atoms with Crippen molar-refractivity contribution in [3.63, 3.8) is 0 Å². The Morgan fingerprint density at radius 2 is 0.696 bits per heavy atom. The molecular weight excluding hydrogens is 687 g/mol. The summed E-state index contributed by atoms with van der Waals surface area (Å²) in [5.41, 5.74) is 0. The maximum atomic E-state index is 12.4. The first-order valence-corrected chi connectivity index (χ1v) is 25.6. The predicted molar refractivity (Wildman–Crippen MR) is 249 cm³/mol. The van der Waals surface area contributed by atoms with Crippen LogP contribution in [0.3, 0.4) is 0 Å². The maximum Gasteiger partial charge on any atom is 0.220 e. The number of hydrogen-bond donors (Lipinski definition) is 3. The Morgan fingerprint density at radius 1 is 0.411 bits per heavy atom. The number of carbonyl (C=O) groups excluding carboxylic acids is 1. The molecule has 0 radical (unpaired) electrons. The van der Waals surface area contributed by atoms with Crippen molar-refractivity contribution >= 4 is 5.91 Å². The van der Waals surface area contributed by atoms with Gasteiger partial charge in [0.25, 0.3) is 0 Å². The largest absolute Gasteiger partial charge is 0.394 e. The van der Waals surface area contributed by atoms with Gasteiger partial charge in [0.05, 0.1) is 18.8 Å². The highest BCUT2D eigenvalue weighted by Gasteiger charge is 2.17. The van der Waals surface area contributed by atoms with E-state index in [-0.39, 0.29) is 12.5 Å². The summed E-state index contributed by atoms with van der Waals surface area (Å²) < 4.78 is 0. The lowest BCUT2D eigenvalue weighted by Gasteiger charge is -2.19. The monoisotopic (exact) mass is 788 g/mol. The highest BCUT2D eigenvalue weighted by molar-refractivity contribution is 5.76. The van der Waals surface area contributed by atoms with Crippen molar-refractivity contribution in [1.29, 1.82) is 0 Å². The summed E-state index contributed by atoms with van der Waals surface area (Å²) in [4.78, 5) is 12.4. The molecular formula is C52H101NO3. The van der Waals surface area contributed by atoms with Crippen LogP contribution in [0.4, 0.5) is 0 Å². The van der Waals surface area contributed by atoms with Crippen LogP contribution < -0.4 is 5.32 Å². The van der Waals surface area contributed by atoms with Crippen molar-refractivity contribution in [1.82, 2.24) is 5.32 Å². The normalized spacial score (nSPS) is 13.0. The highest BCUT2D eigenvalue weighted by atomic mass is 16.3. The van der Waals surface area contributed by atoms with E-state index >= 15 is 0 Å². The standard InChI is InChI=1S/C52H101NO3/c1-3-5-7-9-11-13-15-17-19-20-21-22-23-24-25-26-27-28-29-30-31-32-33-34-36-38-40-42-44-46-48-52(56)53-50(49-54)51(55)47-45-43-41-39-37-35-18-16-14-12-10-8-6-4-2/h37,39,45,47,50-51,54-55H,3-36,38,40-44,46,48-49H2,1-2H3,(H,53,56)/b39-37+,47-45+. The van der Waals surface area contributed by atoms with Crippen molar-refractivity contribution < 1.29 is 15.0 Å². The van der Waals surface area contributed by atoms with E-state index < -0.39 is 12.1 Å². The lowest BCUT2D eigenvalue weighted by Crippen LogP contribution is -2.45. The van der Waals surface area contributed by atoms with Crippen LogP contribution in [-0.4, -0.2) is 34.9 Å². The number of allylic oxidation sites excluding steroid dienone is 3. The Kier molecular flexibility index (Phi) is 47.3. The second-order valence-corrected chi connectivity index (χ2v) is 17.6. The van der Waals surface area contributed by atoms with Crippen molar-refractivity contribution in [3.05, 3.63) is 24.3 Å². The van der Waals surface area contributed by atoms with Gasteiger partial charge < -0.3 is 15.5 Å². The Morgan fingerprint density at radius 3 is 1.04 bits per heavy atom. The number of nitrogens with one attached hydrogen (secondary N) is 1. The van der Waals surface area contributed by atoms with Crippen LogP contribution in [0.5, 0.6) is 0 Å². The number of unbranched alkanes of at least 4 members (excludes halogenated alkanes) is 38. The molecule has 0 aromatic carbocycles. The van der Waals surface area contributed by atoms with Crippen LogP contribution in [0, 0.1) is 0 Å². The summed E-state index contributed by atoms with van der Waals surface area (Å²) in [6.07, 6.45) is 63.3. The smallest absolute Gasteiger partial charge is 0.220 e. The first-order valence-electron chi connectivity index (χ1n) is 25.6. The molecule has 0 heterocycles. The third kappa shape index (κ3) is 44.0. The molecule has 0 saturated heterocycles. The molecule has 332 valence electrons. The summed E-state index contributed by atoms with van der Waals surface area (Å²) in [5, 5.41) is 23.0. The van der Waals surface area contributed by atoms with E-state index in [9.17, 15) is 15.0 Å². The molecule has 2 unspecified atom stereocenters. The molecule has 0 saturated carbocycles. The van der Waals surface area contributed by atoms with Crippen LogP contribution in [0.15, 0.2) is 24.3 Å². The second kappa shape index (κ2) is 48.2. The molecule has 0 aliphatic rings. The molecule has 0 spiro atoms. The van der Waals surface area contributed by atoms with E-state index in [0.717, 1.165) is 32.1 Å². The van der Waals surface area contributed by atoms with Gasteiger partial charge in [0.15, 0.2) is 0 Å². The molecule has 0 aliphatic heterocycles. The zero-order chi connectivity index (χ0) is 40.7. The minimum atomic E-state index is -0.858. The number of aliphatic hydroxyl groups excluding tert-OH is 2. The Labute approximate surface area is 351 Å². The topological polar surface area (TPSA) is 69.6 Å². The molecule has 0 aromatic heterocycles. The van der Waals surface area contributed by atoms with Crippen LogP contribution in [-0.2, 0) is 4.79 Å². The lowest BCUT2D eigenvalue weighted by molar-refractivity contribution is -0.123. The number of amides is 1. The second-order valence-electron chi connectivity index (χ2n) is 17.6. The minimum Gasteiger partial charge on any atom is -0.394 e. The molecule has 2 atom stereocenters. The maximum absolute atomic E-state index is 12.4. The molecule has 0 bridgehead atoms. The number of rotatable bonds is 47. The van der Waals surface area contributed by atoms with Crippen molar-refractivity contribution in [3.8, 4) is 0 Å². The molecule has 1 amide bonds. The Bertz CT molecular complexity index is 810. The SMILES string of the molecule is CCCCCCCCCC/C=C/CC/C=C/C(O)C(CO)NC(=O)CCCCCCCCCCCCCCCCCCCCCCCCCCCCCCCC. The van der Waals surface area contributed by atoms with E-state index in [1.807, 2.05) is 6.08 Å². The first kappa shape index (κ1) is 54.9. The van der Waals surface area contributed by atoms with E-state index in [4.69, 9.17) is 0 Å². The molecule has 0 fully saturated rings. The van der Waals surface area contributed by atoms with E-state index in [1.165, 1.54) is 231 Å². The molecule has 4 nitrogen and oxygen atoms in total. The lowest BCUT2D eigenvalue weighted by atomic mass is 10.0. The summed E-state index contributed by atoms with van der Waals surface area (Å²) in [5.74, 6) is -0.0689. The van der Waals surface area contributed by atoms with Gasteiger partial charge in [-0.3, -0.25) is 4.79 Å². The Hall–Kier alpha value is -1.13. The third-order valence-corrected chi connectivity index (χ3v) is 11.9. The van der Waals surface area contributed by atoms with Gasteiger partial charge >= 0.3 is 0 Å². The average Bonchev–Trinajstić information content (AvgIpc) is 3.20. The fourth-order valence-corrected chi connectivity index (χ4v) is 8.02. The van der Waals surface area contributed by atoms with Gasteiger partial charge in [-0.1, -0.05) is 269 Å². The van der Waals surface area contributed by atoms with Gasteiger partial charge in [0, 0.05) is 6.42 Å². The van der Waals surface area contributed by atoms with Crippen LogP contribution in [0.2, 0.25) is 0 Å². The molecule has 4 heteroatoms. The first-order chi connectivity index (χ1) is 27.7. The summed E-state index contributed by atoms with van der Waals surface area (Å²) in [7, 11) is 0. The molecule has 0 rings (SSSR count). The molecule has 0 aromatic rings. The number of carbonyl (C=O) groups is 1. The van der Waals surface area contributed by atoms with Crippen LogP contribution in [0.1, 0.15) is 284 Å². The average molecular weight is 788 g/mol. The Balaban J connectivity index is 3.44. The van der Waals surface area contributed by atoms with E-state index in [0.29, 0.717) is 6.42 Å². The summed E-state index contributed by atoms with van der Waals surface area (Å²) in [6, 6.07) is -0.634. The quantitative estimate of drug-likeness (QED) is 0.0425. The van der Waals surface area contributed by atoms with Gasteiger partial charge in [0.1, 0.15) is 0 Å². The third-order valence-electron chi connectivity index (χ3n) is 11.9. The molecule has 56 heavy (non-hydrogen) atoms. The summed E-state index contributed by atoms with van der Waals surface area (Å²) >= 11 is 0. The summed E-state index contributed by atoms with van der Waals surface area (Å²) in [6.45, 7) is 4.31. The zero-order valence-corrected chi connectivity index (χ0v) is 38.2. The highest BCUT2D eigenvalue weighted by Crippen LogP contribution is 2.17. The van der Waals surface area contributed by atoms with Gasteiger partial charge in [0.2, 0.25) is 5.91 Å². The van der Waals surface area contributed by atoms with Crippen molar-refractivity contribution in [2.24, 2.45) is 0 Å². The van der Waals surface area contributed by atoms with Crippen LogP contribution >= 0.6 is 0 Å². The van der Waals surface area contributed by atoms with Gasteiger partial charge in [-0.05, 0) is 32.1 Å². The van der Waals surface area contributed by atoms with Crippen molar-refractivity contribution in [2.75, 3.05) is 6.61 Å². The fourth-order valence-electron chi connectivity index (χ4n) is 8.02. The van der Waals surface area contributed by atoms with E-state index in [2.05, 4.69) is 31.3 Å². The zero-order valence-electron chi connectivity index (χ0n) is 38.2.